The molecule has 6 nitrogen and oxygen atoms in total. The quantitative estimate of drug-likeness (QED) is 0.678. The smallest absolute Gasteiger partial charge is 0.356 e. The maximum Gasteiger partial charge on any atom is 0.356 e. The van der Waals surface area contributed by atoms with Crippen molar-refractivity contribution in [3.8, 4) is 0 Å². The zero-order valence-corrected chi connectivity index (χ0v) is 7.23. The fourth-order valence-corrected chi connectivity index (χ4v) is 0.981. The molecule has 6 heteroatoms. The number of methoxy groups -OCH3 is 1. The van der Waals surface area contributed by atoms with Gasteiger partial charge in [0.2, 0.25) is 0 Å². The Balaban J connectivity index is 2.87. The lowest BCUT2D eigenvalue weighted by Gasteiger charge is -2.02. The van der Waals surface area contributed by atoms with Gasteiger partial charge in [0.1, 0.15) is 0 Å². The molecule has 72 valence electrons. The van der Waals surface area contributed by atoms with Crippen LogP contribution in [0.3, 0.4) is 0 Å². The van der Waals surface area contributed by atoms with Crippen LogP contribution in [0.4, 0.5) is 5.69 Å². The number of carboxylic acid groups (broad SMARTS) is 1. The van der Waals surface area contributed by atoms with Crippen molar-refractivity contribution < 1.29 is 14.6 Å². The zero-order chi connectivity index (χ0) is 9.84. The van der Waals surface area contributed by atoms with Crippen molar-refractivity contribution in [2.75, 3.05) is 19.5 Å². The lowest BCUT2D eigenvalue weighted by atomic mass is 10.4. The predicted octanol–water partition coefficient (Wildman–Crippen LogP) is -0.190. The van der Waals surface area contributed by atoms with E-state index in [2.05, 4.69) is 5.10 Å². The number of nitrogens with zero attached hydrogens (tertiary/aromatic N) is 2. The molecule has 0 aliphatic carbocycles. The molecule has 0 saturated heterocycles. The second-order valence-electron chi connectivity index (χ2n) is 2.47. The minimum absolute atomic E-state index is 0.0112. The van der Waals surface area contributed by atoms with Gasteiger partial charge in [-0.05, 0) is 0 Å². The second kappa shape index (κ2) is 3.90. The van der Waals surface area contributed by atoms with E-state index in [0.29, 0.717) is 13.2 Å². The van der Waals surface area contributed by atoms with Gasteiger partial charge in [-0.2, -0.15) is 5.10 Å². The second-order valence-corrected chi connectivity index (χ2v) is 2.47. The number of rotatable bonds is 4. The molecule has 0 saturated carbocycles. The van der Waals surface area contributed by atoms with E-state index in [1.807, 2.05) is 0 Å². The van der Waals surface area contributed by atoms with Crippen molar-refractivity contribution in [2.24, 2.45) is 0 Å². The number of hydrogen-bond donors (Lipinski definition) is 2. The number of hydrogen-bond acceptors (Lipinski definition) is 4. The van der Waals surface area contributed by atoms with Gasteiger partial charge in [0.15, 0.2) is 5.69 Å². The summed E-state index contributed by atoms with van der Waals surface area (Å²) in [5.41, 5.74) is 5.59. The number of aromatic carboxylic acids is 1. The third-order valence-corrected chi connectivity index (χ3v) is 1.58. The summed E-state index contributed by atoms with van der Waals surface area (Å²) in [6.07, 6.45) is 1.32. The molecule has 1 aromatic heterocycles. The van der Waals surface area contributed by atoms with Crippen molar-refractivity contribution in [1.29, 1.82) is 0 Å². The molecule has 1 aromatic rings. The van der Waals surface area contributed by atoms with E-state index in [1.54, 1.807) is 0 Å². The number of carbonyl (C=O) groups is 1. The molecule has 1 rings (SSSR count). The van der Waals surface area contributed by atoms with Gasteiger partial charge >= 0.3 is 5.97 Å². The Morgan fingerprint density at radius 1 is 1.85 bits per heavy atom. The van der Waals surface area contributed by atoms with E-state index in [-0.39, 0.29) is 11.4 Å². The summed E-state index contributed by atoms with van der Waals surface area (Å²) in [4.78, 5) is 10.7. The van der Waals surface area contributed by atoms with E-state index >= 15 is 0 Å². The number of nitrogens with two attached hydrogens (primary N) is 1. The largest absolute Gasteiger partial charge is 0.476 e. The Morgan fingerprint density at radius 2 is 2.54 bits per heavy atom. The van der Waals surface area contributed by atoms with Crippen molar-refractivity contribution in [3.05, 3.63) is 11.9 Å². The molecule has 0 atom stereocenters. The molecular weight excluding hydrogens is 174 g/mol. The molecular formula is C7H11N3O3. The van der Waals surface area contributed by atoms with E-state index < -0.39 is 5.97 Å². The van der Waals surface area contributed by atoms with Crippen LogP contribution in [0.25, 0.3) is 0 Å². The summed E-state index contributed by atoms with van der Waals surface area (Å²) >= 11 is 0. The summed E-state index contributed by atoms with van der Waals surface area (Å²) < 4.78 is 6.10. The lowest BCUT2D eigenvalue weighted by Crippen LogP contribution is -2.14. The maximum absolute atomic E-state index is 10.7. The van der Waals surface area contributed by atoms with Crippen LogP contribution in [0.1, 0.15) is 10.5 Å². The van der Waals surface area contributed by atoms with E-state index in [4.69, 9.17) is 15.6 Å². The molecule has 0 amide bonds. The minimum Gasteiger partial charge on any atom is -0.476 e. The third kappa shape index (κ3) is 1.97. The van der Waals surface area contributed by atoms with Gasteiger partial charge in [-0.25, -0.2) is 4.79 Å². The number of nitrogen functional groups attached to an aromatic ring is 1. The molecule has 0 aromatic carbocycles. The van der Waals surface area contributed by atoms with Crippen molar-refractivity contribution in [2.45, 2.75) is 6.54 Å². The average Bonchev–Trinajstić information content (AvgIpc) is 2.43. The molecule has 0 unspecified atom stereocenters. The van der Waals surface area contributed by atoms with Crippen molar-refractivity contribution >= 4 is 11.7 Å². The predicted molar refractivity (Wildman–Crippen MR) is 45.5 cm³/mol. The van der Waals surface area contributed by atoms with Crippen LogP contribution in [0.2, 0.25) is 0 Å². The molecule has 0 bridgehead atoms. The van der Waals surface area contributed by atoms with Gasteiger partial charge in [-0.3, -0.25) is 4.68 Å². The zero-order valence-electron chi connectivity index (χ0n) is 7.23. The maximum atomic E-state index is 10.7. The van der Waals surface area contributed by atoms with Crippen LogP contribution >= 0.6 is 0 Å². The number of anilines is 1. The van der Waals surface area contributed by atoms with E-state index in [9.17, 15) is 4.79 Å². The molecule has 1 heterocycles. The Morgan fingerprint density at radius 3 is 3.08 bits per heavy atom. The first-order chi connectivity index (χ1) is 6.16. The summed E-state index contributed by atoms with van der Waals surface area (Å²) in [5.74, 6) is -1.08. The topological polar surface area (TPSA) is 90.4 Å². The van der Waals surface area contributed by atoms with Crippen molar-refractivity contribution in [1.82, 2.24) is 9.78 Å². The van der Waals surface area contributed by atoms with Crippen LogP contribution in [0.5, 0.6) is 0 Å². The SMILES string of the molecule is COCCn1ncc(N)c1C(=O)O. The fraction of sp³-hybridized carbons (Fsp3) is 0.429. The van der Waals surface area contributed by atoms with Gasteiger partial charge in [0.25, 0.3) is 0 Å². The molecule has 13 heavy (non-hydrogen) atoms. The highest BCUT2D eigenvalue weighted by Gasteiger charge is 2.14. The summed E-state index contributed by atoms with van der Waals surface area (Å²) in [5, 5.41) is 12.6. The minimum atomic E-state index is -1.08. The van der Waals surface area contributed by atoms with Gasteiger partial charge in [-0.1, -0.05) is 0 Å². The lowest BCUT2D eigenvalue weighted by molar-refractivity contribution is 0.0681. The van der Waals surface area contributed by atoms with Crippen molar-refractivity contribution in [3.63, 3.8) is 0 Å². The van der Waals surface area contributed by atoms with Crippen LogP contribution in [0, 0.1) is 0 Å². The molecule has 0 aliphatic rings. The Hall–Kier alpha value is -1.56. The monoisotopic (exact) mass is 185 g/mol. The number of ether oxygens (including phenoxy) is 1. The van der Waals surface area contributed by atoms with E-state index in [0.717, 1.165) is 0 Å². The molecule has 0 fully saturated rings. The highest BCUT2D eigenvalue weighted by molar-refractivity contribution is 5.91. The van der Waals surface area contributed by atoms with E-state index in [1.165, 1.54) is 18.0 Å². The number of carboxylic acids is 1. The average molecular weight is 185 g/mol. The highest BCUT2D eigenvalue weighted by Crippen LogP contribution is 2.09. The Bertz CT molecular complexity index is 308. The van der Waals surface area contributed by atoms with Crippen LogP contribution in [-0.4, -0.2) is 34.6 Å². The summed E-state index contributed by atoms with van der Waals surface area (Å²) in [6.45, 7) is 0.788. The standard InChI is InChI=1S/C7H11N3O3/c1-13-3-2-10-6(7(11)12)5(8)4-9-10/h4H,2-3,8H2,1H3,(H,11,12). The molecule has 0 spiro atoms. The van der Waals surface area contributed by atoms with Gasteiger partial charge in [-0.15, -0.1) is 0 Å². The molecule has 0 aliphatic heterocycles. The first kappa shape index (κ1) is 9.53. The fourth-order valence-electron chi connectivity index (χ4n) is 0.981. The van der Waals surface area contributed by atoms with Gasteiger partial charge in [0.05, 0.1) is 25.0 Å². The first-order valence-corrected chi connectivity index (χ1v) is 3.70. The third-order valence-electron chi connectivity index (χ3n) is 1.58. The normalized spacial score (nSPS) is 10.2. The summed E-state index contributed by atoms with van der Waals surface area (Å²) in [7, 11) is 1.54. The van der Waals surface area contributed by atoms with Crippen LogP contribution in [-0.2, 0) is 11.3 Å². The van der Waals surface area contributed by atoms with Gasteiger partial charge < -0.3 is 15.6 Å². The Kier molecular flexibility index (Phi) is 2.86. The highest BCUT2D eigenvalue weighted by atomic mass is 16.5. The number of aromatic nitrogens is 2. The molecule has 3 N–H and O–H groups in total. The Labute approximate surface area is 74.9 Å². The summed E-state index contributed by atoms with van der Waals surface area (Å²) in [6, 6.07) is 0. The van der Waals surface area contributed by atoms with Crippen LogP contribution < -0.4 is 5.73 Å². The van der Waals surface area contributed by atoms with Gasteiger partial charge in [0, 0.05) is 7.11 Å². The van der Waals surface area contributed by atoms with Crippen LogP contribution in [0.15, 0.2) is 6.20 Å². The first-order valence-electron chi connectivity index (χ1n) is 3.70. The molecule has 0 radical (unpaired) electrons.